The maximum atomic E-state index is 10.7. The van der Waals surface area contributed by atoms with E-state index in [0.29, 0.717) is 12.3 Å². The van der Waals surface area contributed by atoms with Gasteiger partial charge in [0.25, 0.3) is 0 Å². The van der Waals surface area contributed by atoms with Crippen LogP contribution in [0.2, 0.25) is 0 Å². The van der Waals surface area contributed by atoms with Crippen molar-refractivity contribution in [1.82, 2.24) is 0 Å². The number of carbonyl (C=O) groups excluding carboxylic acids is 1. The second-order valence-electron chi connectivity index (χ2n) is 4.60. The molecular weight excluding hydrogens is 184 g/mol. The lowest BCUT2D eigenvalue weighted by Crippen LogP contribution is -1.93. The molecule has 0 N–H and O–H groups in total. The Morgan fingerprint density at radius 1 is 1.20 bits per heavy atom. The second-order valence-corrected chi connectivity index (χ2v) is 4.60. The van der Waals surface area contributed by atoms with E-state index >= 15 is 0 Å². The summed E-state index contributed by atoms with van der Waals surface area (Å²) in [6.45, 7) is 12.2. The summed E-state index contributed by atoms with van der Waals surface area (Å²) in [6.07, 6.45) is 5.88. The number of rotatable bonds is 7. The molecule has 0 heterocycles. The summed E-state index contributed by atoms with van der Waals surface area (Å²) in [6, 6.07) is 0. The fourth-order valence-corrected chi connectivity index (χ4v) is 1.27. The van der Waals surface area contributed by atoms with Gasteiger partial charge in [0.2, 0.25) is 0 Å². The van der Waals surface area contributed by atoms with Crippen LogP contribution in [0.25, 0.3) is 0 Å². The van der Waals surface area contributed by atoms with Crippen LogP contribution < -0.4 is 0 Å². The molecule has 0 aliphatic heterocycles. The molecule has 0 aromatic heterocycles. The van der Waals surface area contributed by atoms with Gasteiger partial charge in [0.05, 0.1) is 0 Å². The van der Waals surface area contributed by atoms with Crippen molar-refractivity contribution in [2.45, 2.75) is 53.4 Å². The number of allylic oxidation sites excluding steroid dienone is 3. The van der Waals surface area contributed by atoms with Crippen LogP contribution in [0.4, 0.5) is 0 Å². The van der Waals surface area contributed by atoms with Crippen LogP contribution >= 0.6 is 0 Å². The van der Waals surface area contributed by atoms with E-state index in [1.54, 1.807) is 6.92 Å². The van der Waals surface area contributed by atoms with E-state index < -0.39 is 0 Å². The van der Waals surface area contributed by atoms with Crippen molar-refractivity contribution < 1.29 is 4.79 Å². The molecule has 0 bridgehead atoms. The molecular formula is C14H24O. The van der Waals surface area contributed by atoms with E-state index in [9.17, 15) is 4.79 Å². The van der Waals surface area contributed by atoms with Gasteiger partial charge < -0.3 is 4.79 Å². The van der Waals surface area contributed by atoms with Crippen LogP contribution in [0.15, 0.2) is 23.8 Å². The van der Waals surface area contributed by atoms with Crippen LogP contribution in [0.1, 0.15) is 53.4 Å². The molecule has 1 heteroatoms. The first-order valence-corrected chi connectivity index (χ1v) is 5.76. The lowest BCUT2D eigenvalue weighted by molar-refractivity contribution is -0.116. The molecule has 0 rings (SSSR count). The first-order valence-electron chi connectivity index (χ1n) is 5.76. The zero-order valence-corrected chi connectivity index (χ0v) is 10.6. The highest BCUT2D eigenvalue weighted by Gasteiger charge is 2.00. The van der Waals surface area contributed by atoms with E-state index in [4.69, 9.17) is 0 Å². The fourth-order valence-electron chi connectivity index (χ4n) is 1.27. The molecule has 0 aromatic rings. The summed E-state index contributed by atoms with van der Waals surface area (Å²) in [5, 5.41) is 0. The van der Waals surface area contributed by atoms with Crippen LogP contribution in [0.3, 0.4) is 0 Å². The van der Waals surface area contributed by atoms with Gasteiger partial charge >= 0.3 is 0 Å². The fraction of sp³-hybridized carbons (Fsp3) is 0.643. The van der Waals surface area contributed by atoms with E-state index in [0.717, 1.165) is 19.3 Å². The first kappa shape index (κ1) is 14.2. The van der Waals surface area contributed by atoms with Gasteiger partial charge in [-0.2, -0.15) is 0 Å². The Morgan fingerprint density at radius 3 is 2.27 bits per heavy atom. The van der Waals surface area contributed by atoms with Crippen LogP contribution in [0, 0.1) is 5.92 Å². The minimum atomic E-state index is 0.269. The highest BCUT2D eigenvalue weighted by Crippen LogP contribution is 2.17. The van der Waals surface area contributed by atoms with Crippen LogP contribution in [-0.2, 0) is 4.79 Å². The van der Waals surface area contributed by atoms with Gasteiger partial charge in [-0.05, 0) is 39.0 Å². The van der Waals surface area contributed by atoms with Gasteiger partial charge in [-0.1, -0.05) is 37.6 Å². The third-order valence-corrected chi connectivity index (χ3v) is 2.65. The van der Waals surface area contributed by atoms with Gasteiger partial charge in [0, 0.05) is 6.42 Å². The number of Topliss-reactive ketones (excluding diaryl/α,β-unsaturated/α-hetero) is 1. The van der Waals surface area contributed by atoms with Crippen molar-refractivity contribution >= 4 is 5.78 Å². The predicted octanol–water partition coefficient (Wildman–Crippen LogP) is 4.29. The topological polar surface area (TPSA) is 17.1 Å². The minimum Gasteiger partial charge on any atom is -0.300 e. The largest absolute Gasteiger partial charge is 0.300 e. The van der Waals surface area contributed by atoms with Crippen molar-refractivity contribution in [2.75, 3.05) is 0 Å². The predicted molar refractivity (Wildman–Crippen MR) is 66.9 cm³/mol. The van der Waals surface area contributed by atoms with Crippen molar-refractivity contribution in [1.29, 1.82) is 0 Å². The maximum absolute atomic E-state index is 10.7. The summed E-state index contributed by atoms with van der Waals surface area (Å²) < 4.78 is 0. The van der Waals surface area contributed by atoms with Gasteiger partial charge in [0.1, 0.15) is 5.78 Å². The third-order valence-electron chi connectivity index (χ3n) is 2.65. The number of carbonyl (C=O) groups is 1. The highest BCUT2D eigenvalue weighted by atomic mass is 16.1. The second kappa shape index (κ2) is 7.44. The van der Waals surface area contributed by atoms with Gasteiger partial charge in [-0.3, -0.25) is 0 Å². The average Bonchev–Trinajstić information content (AvgIpc) is 2.13. The lowest BCUT2D eigenvalue weighted by Gasteiger charge is -2.09. The van der Waals surface area contributed by atoms with Gasteiger partial charge in [-0.25, -0.2) is 0 Å². The standard InChI is InChI=1S/C14H24O/c1-11(2)13(4)10-9-12(3)7-6-8-14(5)15/h7,11H,4,6,8-10H2,1-3,5H3/b12-7+. The molecule has 0 aromatic carbocycles. The van der Waals surface area contributed by atoms with Crippen LogP contribution in [0.5, 0.6) is 0 Å². The molecule has 0 aliphatic carbocycles. The average molecular weight is 208 g/mol. The lowest BCUT2D eigenvalue weighted by atomic mass is 9.97. The maximum Gasteiger partial charge on any atom is 0.130 e. The molecule has 1 nitrogen and oxygen atoms in total. The minimum absolute atomic E-state index is 0.269. The SMILES string of the molecule is C=C(CC/C(C)=C/CCC(C)=O)C(C)C. The van der Waals surface area contributed by atoms with E-state index in [-0.39, 0.29) is 5.78 Å². The molecule has 0 amide bonds. The van der Waals surface area contributed by atoms with Gasteiger partial charge in [-0.15, -0.1) is 0 Å². The summed E-state index contributed by atoms with van der Waals surface area (Å²) in [5.41, 5.74) is 2.69. The Labute approximate surface area is 94.3 Å². The van der Waals surface area contributed by atoms with E-state index in [1.165, 1.54) is 11.1 Å². The molecule has 0 saturated carbocycles. The molecule has 15 heavy (non-hydrogen) atoms. The third kappa shape index (κ3) is 8.17. The quantitative estimate of drug-likeness (QED) is 0.570. The molecule has 0 fully saturated rings. The summed E-state index contributed by atoms with van der Waals surface area (Å²) in [4.78, 5) is 10.7. The van der Waals surface area contributed by atoms with E-state index in [2.05, 4.69) is 33.4 Å². The monoisotopic (exact) mass is 208 g/mol. The van der Waals surface area contributed by atoms with Crippen molar-refractivity contribution in [3.63, 3.8) is 0 Å². The molecule has 0 radical (unpaired) electrons. The zero-order chi connectivity index (χ0) is 11.8. The molecule has 0 saturated heterocycles. The van der Waals surface area contributed by atoms with Crippen molar-refractivity contribution in [3.8, 4) is 0 Å². The molecule has 86 valence electrons. The Kier molecular flexibility index (Phi) is 7.02. The zero-order valence-electron chi connectivity index (χ0n) is 10.6. The Morgan fingerprint density at radius 2 is 1.80 bits per heavy atom. The van der Waals surface area contributed by atoms with E-state index in [1.807, 2.05) is 0 Å². The number of hydrogen-bond acceptors (Lipinski definition) is 1. The van der Waals surface area contributed by atoms with Crippen LogP contribution in [-0.4, -0.2) is 5.78 Å². The molecule has 0 aliphatic rings. The highest BCUT2D eigenvalue weighted by molar-refractivity contribution is 5.75. The normalized spacial score (nSPS) is 11.9. The summed E-state index contributed by atoms with van der Waals surface area (Å²) in [7, 11) is 0. The molecule has 0 atom stereocenters. The number of hydrogen-bond donors (Lipinski definition) is 0. The molecule has 0 unspecified atom stereocenters. The Bertz CT molecular complexity index is 246. The Balaban J connectivity index is 3.77. The first-order chi connectivity index (χ1) is 6.93. The Hall–Kier alpha value is -0.850. The number of ketones is 1. The smallest absolute Gasteiger partial charge is 0.130 e. The van der Waals surface area contributed by atoms with Crippen molar-refractivity contribution in [2.24, 2.45) is 5.92 Å². The van der Waals surface area contributed by atoms with Crippen molar-refractivity contribution in [3.05, 3.63) is 23.8 Å². The van der Waals surface area contributed by atoms with Gasteiger partial charge in [0.15, 0.2) is 0 Å². The summed E-state index contributed by atoms with van der Waals surface area (Å²) in [5.74, 6) is 0.848. The summed E-state index contributed by atoms with van der Waals surface area (Å²) >= 11 is 0. The molecule has 0 spiro atoms.